The summed E-state index contributed by atoms with van der Waals surface area (Å²) in [5.41, 5.74) is 1.31. The normalized spacial score (nSPS) is 13.6. The van der Waals surface area contributed by atoms with Crippen molar-refractivity contribution in [3.05, 3.63) is 29.8 Å². The molecule has 0 aliphatic heterocycles. The van der Waals surface area contributed by atoms with Gasteiger partial charge in [-0.05, 0) is 30.5 Å². The van der Waals surface area contributed by atoms with E-state index >= 15 is 0 Å². The van der Waals surface area contributed by atoms with Crippen molar-refractivity contribution in [2.45, 2.75) is 58.3 Å². The molecule has 0 amide bonds. The maximum Gasteiger partial charge on any atom is 0.472 e. The average molecular weight is 358 g/mol. The van der Waals surface area contributed by atoms with Crippen LogP contribution in [-0.2, 0) is 20.0 Å². The number of hydrogen-bond donors (Lipinski definition) is 1. The lowest BCUT2D eigenvalue weighted by Crippen LogP contribution is -2.06. The van der Waals surface area contributed by atoms with Gasteiger partial charge in [-0.15, -0.1) is 0 Å². The highest BCUT2D eigenvalue weighted by Gasteiger charge is 2.17. The van der Waals surface area contributed by atoms with Crippen LogP contribution in [0.1, 0.15) is 57.4 Å². The minimum Gasteiger partial charge on any atom is -0.491 e. The summed E-state index contributed by atoms with van der Waals surface area (Å²) in [5.74, 6) is 0.729. The molecule has 138 valence electrons. The summed E-state index contributed by atoms with van der Waals surface area (Å²) in [6.07, 6.45) is 10.3. The molecule has 1 atom stereocenters. The Balaban J connectivity index is 2.13. The van der Waals surface area contributed by atoms with E-state index in [0.29, 0.717) is 0 Å². The fraction of sp³-hybridized carbons (Fsp3) is 0.667. The van der Waals surface area contributed by atoms with Crippen molar-refractivity contribution in [2.75, 3.05) is 20.3 Å². The fourth-order valence-corrected chi connectivity index (χ4v) is 2.81. The van der Waals surface area contributed by atoms with Gasteiger partial charge in [0.15, 0.2) is 0 Å². The molecule has 5 nitrogen and oxygen atoms in total. The second-order valence-corrected chi connectivity index (χ2v) is 7.41. The summed E-state index contributed by atoms with van der Waals surface area (Å²) >= 11 is 0. The minimum absolute atomic E-state index is 0.00139. The summed E-state index contributed by atoms with van der Waals surface area (Å²) in [5, 5.41) is 0. The molecule has 0 spiro atoms. The molecule has 0 bridgehead atoms. The van der Waals surface area contributed by atoms with Gasteiger partial charge in [-0.25, -0.2) is 4.57 Å². The number of unbranched alkanes of at least 4 members (excludes halogenated alkanes) is 6. The Labute approximate surface area is 145 Å². The first-order valence-electron chi connectivity index (χ1n) is 8.82. The lowest BCUT2D eigenvalue weighted by atomic mass is 10.0. The van der Waals surface area contributed by atoms with Gasteiger partial charge in [-0.2, -0.15) is 0 Å². The van der Waals surface area contributed by atoms with Gasteiger partial charge in [-0.3, -0.25) is 9.05 Å². The number of phosphoric acid groups is 1. The molecule has 1 unspecified atom stereocenters. The molecule has 6 heteroatoms. The topological polar surface area (TPSA) is 65.0 Å². The number of ether oxygens (including phenoxy) is 1. The van der Waals surface area contributed by atoms with E-state index in [9.17, 15) is 4.57 Å². The molecule has 0 radical (unpaired) electrons. The SMILES string of the molecule is CCCCCCCCCc1ccc(OCCOP(=O)(O)OC)cc1. The Kier molecular flexibility index (Phi) is 11.0. The molecule has 0 aliphatic rings. The van der Waals surface area contributed by atoms with Gasteiger partial charge in [0.1, 0.15) is 12.4 Å². The molecule has 0 heterocycles. The zero-order chi connectivity index (χ0) is 17.7. The van der Waals surface area contributed by atoms with Crippen LogP contribution < -0.4 is 4.74 Å². The summed E-state index contributed by atoms with van der Waals surface area (Å²) in [6, 6.07) is 7.98. The van der Waals surface area contributed by atoms with Crippen molar-refractivity contribution in [2.24, 2.45) is 0 Å². The molecule has 0 saturated carbocycles. The van der Waals surface area contributed by atoms with E-state index in [1.54, 1.807) is 0 Å². The standard InChI is InChI=1S/C18H31O5P/c1-3-4-5-6-7-8-9-10-17-11-13-18(14-12-17)22-15-16-23-24(19,20)21-2/h11-14H,3-10,15-16H2,1-2H3,(H,19,20). The Morgan fingerprint density at radius 3 is 2.21 bits per heavy atom. The smallest absolute Gasteiger partial charge is 0.472 e. The van der Waals surface area contributed by atoms with Crippen LogP contribution in [0.4, 0.5) is 0 Å². The Bertz CT molecular complexity index is 475. The molecule has 0 fully saturated rings. The van der Waals surface area contributed by atoms with Gasteiger partial charge >= 0.3 is 7.82 Å². The third-order valence-electron chi connectivity index (χ3n) is 3.83. The molecular weight excluding hydrogens is 327 g/mol. The number of benzene rings is 1. The van der Waals surface area contributed by atoms with E-state index in [0.717, 1.165) is 19.3 Å². The summed E-state index contributed by atoms with van der Waals surface area (Å²) in [7, 11) is -2.78. The van der Waals surface area contributed by atoms with Crippen molar-refractivity contribution in [3.63, 3.8) is 0 Å². The molecule has 0 saturated heterocycles. The van der Waals surface area contributed by atoms with Crippen LogP contribution in [-0.4, -0.2) is 25.2 Å². The largest absolute Gasteiger partial charge is 0.491 e. The van der Waals surface area contributed by atoms with Gasteiger partial charge in [0.2, 0.25) is 0 Å². The molecule has 24 heavy (non-hydrogen) atoms. The zero-order valence-electron chi connectivity index (χ0n) is 14.9. The highest BCUT2D eigenvalue weighted by Crippen LogP contribution is 2.41. The van der Waals surface area contributed by atoms with E-state index in [1.165, 1.54) is 50.5 Å². The fourth-order valence-electron chi connectivity index (χ4n) is 2.40. The van der Waals surface area contributed by atoms with Crippen molar-refractivity contribution < 1.29 is 23.2 Å². The van der Waals surface area contributed by atoms with Crippen LogP contribution in [0, 0.1) is 0 Å². The number of hydrogen-bond acceptors (Lipinski definition) is 4. The van der Waals surface area contributed by atoms with Crippen LogP contribution in [0.2, 0.25) is 0 Å². The first kappa shape index (κ1) is 21.2. The zero-order valence-corrected chi connectivity index (χ0v) is 15.8. The van der Waals surface area contributed by atoms with Crippen LogP contribution in [0.25, 0.3) is 0 Å². The van der Waals surface area contributed by atoms with Crippen LogP contribution in [0.5, 0.6) is 5.75 Å². The van der Waals surface area contributed by atoms with Crippen molar-refractivity contribution >= 4 is 7.82 Å². The highest BCUT2D eigenvalue weighted by atomic mass is 31.2. The van der Waals surface area contributed by atoms with Crippen LogP contribution >= 0.6 is 7.82 Å². The molecule has 1 rings (SSSR count). The molecule has 1 aromatic rings. The van der Waals surface area contributed by atoms with Gasteiger partial charge in [0, 0.05) is 7.11 Å². The predicted octanol–water partition coefficient (Wildman–Crippen LogP) is 5.12. The van der Waals surface area contributed by atoms with E-state index in [-0.39, 0.29) is 13.2 Å². The molecule has 1 N–H and O–H groups in total. The molecular formula is C18H31O5P. The van der Waals surface area contributed by atoms with Crippen LogP contribution in [0.3, 0.4) is 0 Å². The predicted molar refractivity (Wildman–Crippen MR) is 96.4 cm³/mol. The summed E-state index contributed by atoms with van der Waals surface area (Å²) < 4.78 is 25.6. The van der Waals surface area contributed by atoms with E-state index in [1.807, 2.05) is 12.1 Å². The van der Waals surface area contributed by atoms with Gasteiger partial charge in [0.05, 0.1) is 6.61 Å². The quantitative estimate of drug-likeness (QED) is 0.369. The second kappa shape index (κ2) is 12.5. The van der Waals surface area contributed by atoms with Gasteiger partial charge < -0.3 is 9.63 Å². The Hall–Kier alpha value is -0.870. The number of aryl methyl sites for hydroxylation is 1. The summed E-state index contributed by atoms with van der Waals surface area (Å²) in [6.45, 7) is 2.44. The van der Waals surface area contributed by atoms with Crippen molar-refractivity contribution in [3.8, 4) is 5.75 Å². The number of phosphoric ester groups is 1. The first-order chi connectivity index (χ1) is 11.6. The Morgan fingerprint density at radius 2 is 1.58 bits per heavy atom. The third-order valence-corrected chi connectivity index (χ3v) is 4.80. The van der Waals surface area contributed by atoms with E-state index < -0.39 is 7.82 Å². The Morgan fingerprint density at radius 1 is 0.958 bits per heavy atom. The van der Waals surface area contributed by atoms with Crippen molar-refractivity contribution in [1.29, 1.82) is 0 Å². The van der Waals surface area contributed by atoms with Crippen LogP contribution in [0.15, 0.2) is 24.3 Å². The summed E-state index contributed by atoms with van der Waals surface area (Å²) in [4.78, 5) is 9.08. The maximum absolute atomic E-state index is 11.1. The minimum atomic E-state index is -3.91. The second-order valence-electron chi connectivity index (χ2n) is 5.85. The van der Waals surface area contributed by atoms with Gasteiger partial charge in [0.25, 0.3) is 0 Å². The number of rotatable bonds is 14. The maximum atomic E-state index is 11.1. The lowest BCUT2D eigenvalue weighted by molar-refractivity contribution is 0.145. The lowest BCUT2D eigenvalue weighted by Gasteiger charge is -2.10. The van der Waals surface area contributed by atoms with E-state index in [2.05, 4.69) is 28.1 Å². The average Bonchev–Trinajstić information content (AvgIpc) is 2.59. The molecule has 0 aliphatic carbocycles. The molecule has 0 aromatic heterocycles. The highest BCUT2D eigenvalue weighted by molar-refractivity contribution is 7.47. The van der Waals surface area contributed by atoms with E-state index in [4.69, 9.17) is 9.63 Å². The third kappa shape index (κ3) is 10.1. The van der Waals surface area contributed by atoms with Crippen molar-refractivity contribution in [1.82, 2.24) is 0 Å². The molecule has 1 aromatic carbocycles. The monoisotopic (exact) mass is 358 g/mol. The first-order valence-corrected chi connectivity index (χ1v) is 10.3. The van der Waals surface area contributed by atoms with Gasteiger partial charge in [-0.1, -0.05) is 57.6 Å².